The average Bonchev–Trinajstić information content (AvgIpc) is 2.40. The molecule has 0 radical (unpaired) electrons. The molecular weight excluding hydrogens is 224 g/mol. The summed E-state index contributed by atoms with van der Waals surface area (Å²) in [4.78, 5) is 4.06. The Morgan fingerprint density at radius 2 is 2.06 bits per heavy atom. The Bertz CT molecular complexity index is 760. The molecule has 0 unspecified atom stereocenters. The molecule has 0 bridgehead atoms. The molecule has 18 heavy (non-hydrogen) atoms. The molecule has 0 saturated carbocycles. The molecule has 0 amide bonds. The number of nitrogens with one attached hydrogen (secondary N) is 1. The first kappa shape index (κ1) is 10.7. The maximum absolute atomic E-state index is 8.07. The monoisotopic (exact) mass is 236 g/mol. The molecule has 3 aromatic rings. The van der Waals surface area contributed by atoms with E-state index in [2.05, 4.69) is 4.98 Å². The first-order chi connectivity index (χ1) is 8.74. The first-order valence-corrected chi connectivity index (χ1v) is 5.73. The average molecular weight is 236 g/mol. The van der Waals surface area contributed by atoms with Crippen molar-refractivity contribution in [2.24, 2.45) is 0 Å². The number of nitrogens with zero attached hydrogens (tertiary/aromatic N) is 1. The summed E-state index contributed by atoms with van der Waals surface area (Å²) in [5.41, 5.74) is 2.74. The van der Waals surface area contributed by atoms with Gasteiger partial charge in [-0.05, 0) is 31.2 Å². The first-order valence-electron chi connectivity index (χ1n) is 5.73. The van der Waals surface area contributed by atoms with E-state index < -0.39 is 0 Å². The third-order valence-corrected chi connectivity index (χ3v) is 2.87. The highest BCUT2D eigenvalue weighted by Crippen LogP contribution is 2.21. The second kappa shape index (κ2) is 4.11. The highest BCUT2D eigenvalue weighted by Gasteiger charge is 2.05. The third-order valence-electron chi connectivity index (χ3n) is 2.87. The lowest BCUT2D eigenvalue weighted by Crippen LogP contribution is -2.01. The molecule has 1 aromatic carbocycles. The summed E-state index contributed by atoms with van der Waals surface area (Å²) in [5.74, 6) is 0.671. The van der Waals surface area contributed by atoms with Crippen molar-refractivity contribution in [3.05, 3.63) is 59.7 Å². The predicted octanol–water partition coefficient (Wildman–Crippen LogP) is 3.28. The van der Waals surface area contributed by atoms with Gasteiger partial charge in [-0.3, -0.25) is 10.4 Å². The topological polar surface area (TPSA) is 49.9 Å². The minimum atomic E-state index is 0.471. The highest BCUT2D eigenvalue weighted by atomic mass is 16.3. The van der Waals surface area contributed by atoms with Crippen LogP contribution in [0.25, 0.3) is 22.3 Å². The van der Waals surface area contributed by atoms with Crippen molar-refractivity contribution < 1.29 is 4.42 Å². The molecule has 0 aliphatic carbocycles. The van der Waals surface area contributed by atoms with Crippen molar-refractivity contribution in [3.8, 4) is 11.3 Å². The number of pyridine rings is 1. The fraction of sp³-hybridized carbons (Fsp3) is 0.0667. The predicted molar refractivity (Wildman–Crippen MR) is 70.0 cm³/mol. The van der Waals surface area contributed by atoms with Crippen molar-refractivity contribution in [2.75, 3.05) is 0 Å². The summed E-state index contributed by atoms with van der Waals surface area (Å²) in [6.45, 7) is 2.01. The third kappa shape index (κ3) is 1.80. The fourth-order valence-electron chi connectivity index (χ4n) is 1.95. The Morgan fingerprint density at radius 1 is 1.17 bits per heavy atom. The summed E-state index contributed by atoms with van der Waals surface area (Å²) in [6.07, 6.45) is 3.45. The Labute approximate surface area is 104 Å². The van der Waals surface area contributed by atoms with E-state index in [1.54, 1.807) is 18.5 Å². The van der Waals surface area contributed by atoms with Crippen molar-refractivity contribution in [2.45, 2.75) is 6.92 Å². The molecule has 3 rings (SSSR count). The molecule has 1 N–H and O–H groups in total. The lowest BCUT2D eigenvalue weighted by atomic mass is 10.1. The van der Waals surface area contributed by atoms with Crippen LogP contribution in [-0.2, 0) is 0 Å². The zero-order chi connectivity index (χ0) is 12.5. The smallest absolute Gasteiger partial charge is 0.138 e. The molecule has 2 heterocycles. The Kier molecular flexibility index (Phi) is 2.45. The van der Waals surface area contributed by atoms with Gasteiger partial charge in [-0.25, -0.2) is 0 Å². The summed E-state index contributed by atoms with van der Waals surface area (Å²) in [7, 11) is 0. The molecule has 0 atom stereocenters. The fourth-order valence-corrected chi connectivity index (χ4v) is 1.95. The van der Waals surface area contributed by atoms with Crippen LogP contribution < -0.4 is 5.36 Å². The van der Waals surface area contributed by atoms with Gasteiger partial charge < -0.3 is 4.42 Å². The maximum atomic E-state index is 8.07. The van der Waals surface area contributed by atoms with Gasteiger partial charge in [0.1, 0.15) is 11.3 Å². The second-order valence-electron chi connectivity index (χ2n) is 4.27. The summed E-state index contributed by atoms with van der Waals surface area (Å²) < 4.78 is 5.82. The van der Waals surface area contributed by atoms with Gasteiger partial charge >= 0.3 is 0 Å². The Hall–Kier alpha value is -2.42. The van der Waals surface area contributed by atoms with Crippen LogP contribution in [-0.4, -0.2) is 4.98 Å². The van der Waals surface area contributed by atoms with E-state index >= 15 is 0 Å². The van der Waals surface area contributed by atoms with E-state index in [4.69, 9.17) is 9.83 Å². The van der Waals surface area contributed by atoms with Crippen molar-refractivity contribution >= 4 is 11.0 Å². The SMILES string of the molecule is Cc1ccc2oc(-c3cccnc3)cc(=N)c2c1. The van der Waals surface area contributed by atoms with E-state index in [0.717, 1.165) is 22.1 Å². The summed E-state index contributed by atoms with van der Waals surface area (Å²) >= 11 is 0. The highest BCUT2D eigenvalue weighted by molar-refractivity contribution is 5.78. The van der Waals surface area contributed by atoms with E-state index in [1.807, 2.05) is 37.3 Å². The molecule has 2 aromatic heterocycles. The van der Waals surface area contributed by atoms with Crippen LogP contribution in [0.2, 0.25) is 0 Å². The van der Waals surface area contributed by atoms with E-state index in [1.165, 1.54) is 0 Å². The quantitative estimate of drug-likeness (QED) is 0.704. The van der Waals surface area contributed by atoms with Crippen molar-refractivity contribution in [3.63, 3.8) is 0 Å². The van der Waals surface area contributed by atoms with Crippen LogP contribution in [0.15, 0.2) is 53.2 Å². The molecule has 0 aliphatic heterocycles. The van der Waals surface area contributed by atoms with Gasteiger partial charge in [-0.1, -0.05) is 11.6 Å². The number of hydrogen-bond donors (Lipinski definition) is 1. The van der Waals surface area contributed by atoms with E-state index in [-0.39, 0.29) is 0 Å². The van der Waals surface area contributed by atoms with Crippen LogP contribution in [0.3, 0.4) is 0 Å². The van der Waals surface area contributed by atoms with Gasteiger partial charge in [-0.2, -0.15) is 0 Å². The van der Waals surface area contributed by atoms with Crippen molar-refractivity contribution in [1.82, 2.24) is 4.98 Å². The molecule has 0 aliphatic rings. The standard InChI is InChI=1S/C15H12N2O/c1-10-4-5-14-12(7-10)13(16)8-15(18-14)11-3-2-6-17-9-11/h2-9,16H,1H3. The summed E-state index contributed by atoms with van der Waals surface area (Å²) in [6, 6.07) is 11.4. The number of hydrogen-bond acceptors (Lipinski definition) is 3. The Morgan fingerprint density at radius 3 is 2.83 bits per heavy atom. The molecule has 0 spiro atoms. The van der Waals surface area contributed by atoms with Gasteiger partial charge in [0.05, 0.1) is 5.36 Å². The van der Waals surface area contributed by atoms with Crippen LogP contribution in [0.1, 0.15) is 5.56 Å². The summed E-state index contributed by atoms with van der Waals surface area (Å²) in [5, 5.41) is 9.38. The lowest BCUT2D eigenvalue weighted by Gasteiger charge is -2.04. The minimum Gasteiger partial charge on any atom is -0.456 e. The van der Waals surface area contributed by atoms with Crippen LogP contribution in [0.4, 0.5) is 0 Å². The Balaban J connectivity index is 2.29. The molecule has 3 heteroatoms. The van der Waals surface area contributed by atoms with Gasteiger partial charge in [0.25, 0.3) is 0 Å². The molecule has 0 saturated heterocycles. The largest absolute Gasteiger partial charge is 0.456 e. The number of aryl methyl sites for hydroxylation is 1. The molecular formula is C15H12N2O. The van der Waals surface area contributed by atoms with E-state index in [0.29, 0.717) is 11.1 Å². The molecule has 3 nitrogen and oxygen atoms in total. The van der Waals surface area contributed by atoms with Crippen molar-refractivity contribution in [1.29, 1.82) is 5.41 Å². The van der Waals surface area contributed by atoms with Gasteiger partial charge in [0.2, 0.25) is 0 Å². The maximum Gasteiger partial charge on any atom is 0.138 e. The number of aromatic nitrogens is 1. The zero-order valence-electron chi connectivity index (χ0n) is 9.97. The lowest BCUT2D eigenvalue weighted by molar-refractivity contribution is 0.617. The van der Waals surface area contributed by atoms with Crippen LogP contribution in [0, 0.1) is 12.3 Å². The number of benzene rings is 1. The van der Waals surface area contributed by atoms with Gasteiger partial charge in [0, 0.05) is 29.4 Å². The van der Waals surface area contributed by atoms with Crippen LogP contribution in [0.5, 0.6) is 0 Å². The van der Waals surface area contributed by atoms with E-state index in [9.17, 15) is 0 Å². The minimum absolute atomic E-state index is 0.471. The number of fused-ring (bicyclic) bond motifs is 1. The van der Waals surface area contributed by atoms with Gasteiger partial charge in [-0.15, -0.1) is 0 Å². The zero-order valence-corrected chi connectivity index (χ0v) is 9.97. The van der Waals surface area contributed by atoms with Crippen LogP contribution >= 0.6 is 0 Å². The van der Waals surface area contributed by atoms with Gasteiger partial charge in [0.15, 0.2) is 0 Å². The number of rotatable bonds is 1. The molecule has 0 fully saturated rings. The second-order valence-corrected chi connectivity index (χ2v) is 4.27. The molecule has 88 valence electrons. The normalized spacial score (nSPS) is 10.7.